The molecule has 1 unspecified atom stereocenters. The van der Waals surface area contributed by atoms with Gasteiger partial charge in [0.05, 0.1) is 6.61 Å². The van der Waals surface area contributed by atoms with E-state index in [2.05, 4.69) is 6.92 Å². The zero-order valence-electron chi connectivity index (χ0n) is 16.9. The van der Waals surface area contributed by atoms with Crippen molar-refractivity contribution >= 4 is 11.8 Å². The van der Waals surface area contributed by atoms with Crippen LogP contribution < -0.4 is 0 Å². The molecule has 6 heteroatoms. The molecule has 0 saturated carbocycles. The van der Waals surface area contributed by atoms with E-state index in [4.69, 9.17) is 9.84 Å². The molecule has 1 aliphatic heterocycles. The third-order valence-electron chi connectivity index (χ3n) is 4.97. The van der Waals surface area contributed by atoms with Crippen LogP contribution in [-0.4, -0.2) is 34.7 Å². The number of rotatable bonds is 16. The van der Waals surface area contributed by atoms with Crippen molar-refractivity contribution in [2.75, 3.05) is 6.61 Å². The Morgan fingerprint density at radius 2 is 1.33 bits per heavy atom. The molecule has 0 amide bonds. The molecule has 1 rings (SSSR count). The van der Waals surface area contributed by atoms with Gasteiger partial charge in [0, 0.05) is 50.5 Å². The van der Waals surface area contributed by atoms with Crippen molar-refractivity contribution < 1.29 is 68.6 Å². The molecule has 1 heterocycles. The smallest absolute Gasteiger partial charge is 0.346 e. The zero-order valence-corrected chi connectivity index (χ0v) is 21.6. The molecule has 153 valence electrons. The van der Waals surface area contributed by atoms with Crippen LogP contribution >= 0.6 is 0 Å². The van der Waals surface area contributed by atoms with Gasteiger partial charge in [-0.1, -0.05) is 84.0 Å². The normalized spacial score (nSPS) is 16.4. The molecule has 0 fully saturated rings. The minimum absolute atomic E-state index is 0. The Kier molecular flexibility index (Phi) is 17.0. The molecule has 0 aromatic carbocycles. The second kappa shape index (κ2) is 17.0. The average Bonchev–Trinajstić information content (AvgIpc) is 2.92. The number of unbranched alkanes of at least 4 members (excludes halogenated alkanes) is 12. The number of Topliss-reactive ketones (excluding diaryl/α,β-unsaturated/α-hetero) is 1. The number of ether oxygens (including phenoxy) is 1. The Morgan fingerprint density at radius 3 is 1.74 bits per heavy atom. The van der Waals surface area contributed by atoms with Gasteiger partial charge in [-0.2, -0.15) is 0 Å². The third-order valence-corrected chi connectivity index (χ3v) is 4.97. The van der Waals surface area contributed by atoms with Gasteiger partial charge >= 0.3 is 5.97 Å². The maximum Gasteiger partial charge on any atom is 0.346 e. The Morgan fingerprint density at radius 1 is 0.889 bits per heavy atom. The predicted octanol–water partition coefficient (Wildman–Crippen LogP) is 4.77. The fourth-order valence-electron chi connectivity index (χ4n) is 3.32. The second-order valence-corrected chi connectivity index (χ2v) is 7.25. The molecule has 0 bridgehead atoms. The maximum absolute atomic E-state index is 12.0. The molecule has 1 aliphatic rings. The summed E-state index contributed by atoms with van der Waals surface area (Å²) in [6.07, 6.45) is 15.1. The van der Waals surface area contributed by atoms with Crippen LogP contribution in [0.3, 0.4) is 0 Å². The van der Waals surface area contributed by atoms with Crippen LogP contribution in [0.4, 0.5) is 0 Å². The number of aliphatic hydroxyl groups excluding tert-OH is 2. The van der Waals surface area contributed by atoms with E-state index in [1.165, 1.54) is 64.2 Å². The van der Waals surface area contributed by atoms with E-state index in [9.17, 15) is 14.7 Å². The van der Waals surface area contributed by atoms with Crippen molar-refractivity contribution in [1.29, 1.82) is 0 Å². The number of carbonyl (C=O) groups excluding carboxylic acids is 2. The van der Waals surface area contributed by atoms with Crippen LogP contribution in [-0.2, 0) is 14.3 Å². The SMILES string of the molecule is CCCCCCCCCCCCCCCC(=O)C1=C(O)C(CO)OC1=O.[Ac]. The number of cyclic esters (lactones) is 1. The number of ketones is 1. The van der Waals surface area contributed by atoms with Crippen molar-refractivity contribution in [2.24, 2.45) is 0 Å². The number of hydrogen-bond acceptors (Lipinski definition) is 5. The monoisotopic (exact) mass is 595 g/mol. The summed E-state index contributed by atoms with van der Waals surface area (Å²) < 4.78 is 4.74. The molecular weight excluding hydrogens is 559 g/mol. The van der Waals surface area contributed by atoms with Gasteiger partial charge in [0.25, 0.3) is 0 Å². The third kappa shape index (κ3) is 11.0. The summed E-state index contributed by atoms with van der Waals surface area (Å²) in [5.74, 6) is -1.62. The Labute approximate surface area is 199 Å². The van der Waals surface area contributed by atoms with Gasteiger partial charge in [-0.25, -0.2) is 4.79 Å². The summed E-state index contributed by atoms with van der Waals surface area (Å²) in [4.78, 5) is 23.6. The number of aliphatic hydroxyl groups is 2. The molecule has 27 heavy (non-hydrogen) atoms. The van der Waals surface area contributed by atoms with Crippen molar-refractivity contribution in [3.05, 3.63) is 11.3 Å². The molecule has 0 aromatic heterocycles. The summed E-state index contributed by atoms with van der Waals surface area (Å²) >= 11 is 0. The number of esters is 1. The summed E-state index contributed by atoms with van der Waals surface area (Å²) in [5, 5.41) is 18.7. The van der Waals surface area contributed by atoms with Crippen molar-refractivity contribution in [2.45, 2.75) is 103 Å². The Hall–Kier alpha value is 0.0816. The van der Waals surface area contributed by atoms with Crippen LogP contribution in [0.25, 0.3) is 0 Å². The fraction of sp³-hybridized carbons (Fsp3) is 0.810. The van der Waals surface area contributed by atoms with Gasteiger partial charge in [0.1, 0.15) is 5.57 Å². The van der Waals surface area contributed by atoms with E-state index < -0.39 is 24.4 Å². The van der Waals surface area contributed by atoms with Gasteiger partial charge in [-0.05, 0) is 6.42 Å². The molecule has 2 N–H and O–H groups in total. The Balaban J connectivity index is 0.00000676. The molecule has 0 aromatic rings. The van der Waals surface area contributed by atoms with Crippen molar-refractivity contribution in [3.8, 4) is 0 Å². The Bertz CT molecular complexity index is 461. The maximum atomic E-state index is 12.0. The topological polar surface area (TPSA) is 83.8 Å². The van der Waals surface area contributed by atoms with Crippen LogP contribution in [0.15, 0.2) is 11.3 Å². The van der Waals surface area contributed by atoms with Crippen LogP contribution in [0.5, 0.6) is 0 Å². The van der Waals surface area contributed by atoms with Crippen LogP contribution in [0.1, 0.15) is 96.8 Å². The summed E-state index contributed by atoms with van der Waals surface area (Å²) in [7, 11) is 0. The van der Waals surface area contributed by atoms with Gasteiger partial charge in [0.2, 0.25) is 0 Å². The first kappa shape index (κ1) is 27.1. The van der Waals surface area contributed by atoms with Gasteiger partial charge < -0.3 is 14.9 Å². The minimum atomic E-state index is -1.08. The first-order valence-corrected chi connectivity index (χ1v) is 10.4. The number of carbonyl (C=O) groups is 2. The molecule has 0 spiro atoms. The van der Waals surface area contributed by atoms with E-state index in [1.54, 1.807) is 0 Å². The summed E-state index contributed by atoms with van der Waals surface area (Å²) in [5.41, 5.74) is -0.275. The predicted molar refractivity (Wildman–Crippen MR) is 102 cm³/mol. The molecule has 0 saturated heterocycles. The minimum Gasteiger partial charge on any atom is -0.507 e. The molecule has 1 atom stereocenters. The quantitative estimate of drug-likeness (QED) is 0.153. The molecule has 1 radical (unpaired) electrons. The largest absolute Gasteiger partial charge is 0.507 e. The first-order chi connectivity index (χ1) is 12.6. The van der Waals surface area contributed by atoms with Gasteiger partial charge in [-0.3, -0.25) is 4.79 Å². The van der Waals surface area contributed by atoms with E-state index in [1.807, 2.05) is 0 Å². The first-order valence-electron chi connectivity index (χ1n) is 10.4. The van der Waals surface area contributed by atoms with Gasteiger partial charge in [0.15, 0.2) is 17.6 Å². The van der Waals surface area contributed by atoms with E-state index in [0.29, 0.717) is 6.42 Å². The second-order valence-electron chi connectivity index (χ2n) is 7.25. The van der Waals surface area contributed by atoms with E-state index in [0.717, 1.165) is 12.8 Å². The molecule has 5 nitrogen and oxygen atoms in total. The number of hydrogen-bond donors (Lipinski definition) is 2. The van der Waals surface area contributed by atoms with Gasteiger partial charge in [-0.15, -0.1) is 0 Å². The van der Waals surface area contributed by atoms with Crippen molar-refractivity contribution in [3.63, 3.8) is 0 Å². The van der Waals surface area contributed by atoms with E-state index in [-0.39, 0.29) is 61.8 Å². The fourth-order valence-corrected chi connectivity index (χ4v) is 3.32. The average molecular weight is 596 g/mol. The van der Waals surface area contributed by atoms with Crippen LogP contribution in [0, 0.1) is 44.1 Å². The standard InChI is InChI=1S/C21H36O5.Ac/c1-2-3-4-5-6-7-8-9-10-11-12-13-14-15-17(23)19-20(24)18(16-22)26-21(19)25;/h18,22,24H,2-16H2,1H3;. The van der Waals surface area contributed by atoms with Crippen molar-refractivity contribution in [1.82, 2.24) is 0 Å². The van der Waals surface area contributed by atoms with E-state index >= 15 is 0 Å². The summed E-state index contributed by atoms with van der Waals surface area (Å²) in [6, 6.07) is 0. The zero-order chi connectivity index (χ0) is 19.2. The summed E-state index contributed by atoms with van der Waals surface area (Å²) in [6.45, 7) is 1.74. The molecular formula is C21H36AcO5. The van der Waals surface area contributed by atoms with Crippen LogP contribution in [0.2, 0.25) is 0 Å². The molecule has 0 aliphatic carbocycles.